The van der Waals surface area contributed by atoms with E-state index >= 15 is 0 Å². The summed E-state index contributed by atoms with van der Waals surface area (Å²) in [7, 11) is 1.69. The second kappa shape index (κ2) is 10.7. The van der Waals surface area contributed by atoms with Crippen LogP contribution in [0, 0.1) is 5.82 Å². The van der Waals surface area contributed by atoms with E-state index in [9.17, 15) is 13.6 Å². The molecule has 2 fully saturated rings. The number of hydrogen-bond donors (Lipinski definition) is 0. The Balaban J connectivity index is 1.22. The number of halogens is 2. The highest BCUT2D eigenvalue weighted by Gasteiger charge is 2.35. The molecule has 1 amide bonds. The first-order valence-electron chi connectivity index (χ1n) is 14.2. The van der Waals surface area contributed by atoms with Gasteiger partial charge in [0.05, 0.1) is 17.9 Å². The van der Waals surface area contributed by atoms with Gasteiger partial charge in [-0.25, -0.2) is 23.3 Å². The lowest BCUT2D eigenvalue weighted by Gasteiger charge is -2.38. The molecule has 0 saturated carbocycles. The second-order valence-corrected chi connectivity index (χ2v) is 11.5. The number of piperidine rings is 1. The standard InChI is InChI=1S/C31H35F2N7O/c1-31(2,33)30(41)37(3)23-14-17-38(18-15-23)28-11-5-9-24(35-28)26-20-34-27-12-13-29(36-40(26)27)39-16-6-10-25(39)21-7-4-8-22(32)19-21/h4-5,7-9,11-13,19-20,23,25H,6,10,14-18H2,1-3H3/t25-/m1/s1. The maximum atomic E-state index is 14.2. The molecule has 5 heterocycles. The lowest BCUT2D eigenvalue weighted by atomic mass is 10.0. The molecule has 10 heteroatoms. The van der Waals surface area contributed by atoms with Crippen LogP contribution in [0.15, 0.2) is 60.8 Å². The van der Waals surface area contributed by atoms with Crippen molar-refractivity contribution < 1.29 is 13.6 Å². The van der Waals surface area contributed by atoms with Crippen LogP contribution in [0.5, 0.6) is 0 Å². The van der Waals surface area contributed by atoms with E-state index in [0.717, 1.165) is 79.6 Å². The fraction of sp³-hybridized carbons (Fsp3) is 0.419. The maximum Gasteiger partial charge on any atom is 0.259 e. The number of rotatable bonds is 6. The van der Waals surface area contributed by atoms with Gasteiger partial charge in [0.15, 0.2) is 11.3 Å². The SMILES string of the molecule is CN(C(=O)C(C)(C)F)C1CCN(c2cccc(-c3cnc4ccc(N5CCC[C@@H]5c5cccc(F)c5)nn34)n2)CC1. The highest BCUT2D eigenvalue weighted by molar-refractivity contribution is 5.84. The largest absolute Gasteiger partial charge is 0.356 e. The van der Waals surface area contributed by atoms with Gasteiger partial charge in [0, 0.05) is 32.7 Å². The Hall–Kier alpha value is -4.08. The van der Waals surface area contributed by atoms with Gasteiger partial charge in [-0.3, -0.25) is 4.79 Å². The first kappa shape index (κ1) is 27.1. The van der Waals surface area contributed by atoms with E-state index in [-0.39, 0.29) is 17.9 Å². The Labute approximate surface area is 238 Å². The number of alkyl halides is 1. The third-order valence-electron chi connectivity index (χ3n) is 8.29. The van der Waals surface area contributed by atoms with Gasteiger partial charge in [-0.1, -0.05) is 18.2 Å². The zero-order chi connectivity index (χ0) is 28.7. The van der Waals surface area contributed by atoms with Crippen molar-refractivity contribution in [1.82, 2.24) is 24.5 Å². The molecule has 2 saturated heterocycles. The average molecular weight is 560 g/mol. The van der Waals surface area contributed by atoms with Gasteiger partial charge in [0.1, 0.15) is 23.1 Å². The number of hydrogen-bond acceptors (Lipinski definition) is 6. The third kappa shape index (κ3) is 5.35. The first-order valence-corrected chi connectivity index (χ1v) is 14.2. The Kier molecular flexibility index (Phi) is 7.09. The van der Waals surface area contributed by atoms with Gasteiger partial charge in [-0.05, 0) is 81.5 Å². The fourth-order valence-electron chi connectivity index (χ4n) is 6.10. The van der Waals surface area contributed by atoms with Gasteiger partial charge in [0.25, 0.3) is 5.91 Å². The number of fused-ring (bicyclic) bond motifs is 1. The average Bonchev–Trinajstić information content (AvgIpc) is 3.63. The molecule has 2 aliphatic heterocycles. The van der Waals surface area contributed by atoms with Gasteiger partial charge in [0.2, 0.25) is 0 Å². The van der Waals surface area contributed by atoms with E-state index in [1.165, 1.54) is 19.9 Å². The first-order chi connectivity index (χ1) is 19.7. The number of nitrogens with zero attached hydrogens (tertiary/aromatic N) is 7. The lowest BCUT2D eigenvalue weighted by molar-refractivity contribution is -0.143. The van der Waals surface area contributed by atoms with Crippen molar-refractivity contribution in [3.8, 4) is 11.4 Å². The quantitative estimate of drug-likeness (QED) is 0.313. The number of amides is 1. The highest BCUT2D eigenvalue weighted by atomic mass is 19.1. The molecule has 4 aromatic rings. The summed E-state index contributed by atoms with van der Waals surface area (Å²) in [6.07, 6.45) is 5.22. The van der Waals surface area contributed by atoms with Crippen LogP contribution in [-0.2, 0) is 4.79 Å². The number of anilines is 2. The Morgan fingerprint density at radius 3 is 2.54 bits per heavy atom. The van der Waals surface area contributed by atoms with Crippen LogP contribution in [0.3, 0.4) is 0 Å². The number of carbonyl (C=O) groups is 1. The summed E-state index contributed by atoms with van der Waals surface area (Å²) >= 11 is 0. The molecule has 0 unspecified atom stereocenters. The smallest absolute Gasteiger partial charge is 0.259 e. The highest BCUT2D eigenvalue weighted by Crippen LogP contribution is 2.36. The second-order valence-electron chi connectivity index (χ2n) is 11.5. The zero-order valence-electron chi connectivity index (χ0n) is 23.7. The van der Waals surface area contributed by atoms with Crippen LogP contribution < -0.4 is 9.80 Å². The van der Waals surface area contributed by atoms with E-state index in [2.05, 4.69) is 14.8 Å². The van der Waals surface area contributed by atoms with Crippen LogP contribution in [-0.4, -0.2) is 68.8 Å². The molecule has 0 aliphatic carbocycles. The molecule has 0 spiro atoms. The molecule has 2 aliphatic rings. The predicted molar refractivity (Wildman–Crippen MR) is 155 cm³/mol. The van der Waals surface area contributed by atoms with E-state index in [0.29, 0.717) is 0 Å². The van der Waals surface area contributed by atoms with Crippen LogP contribution in [0.4, 0.5) is 20.4 Å². The zero-order valence-corrected chi connectivity index (χ0v) is 23.7. The van der Waals surface area contributed by atoms with Crippen molar-refractivity contribution in [2.24, 2.45) is 0 Å². The minimum Gasteiger partial charge on any atom is -0.356 e. The number of carbonyl (C=O) groups excluding carboxylic acids is 1. The summed E-state index contributed by atoms with van der Waals surface area (Å²) in [5.74, 6) is 0.954. The molecule has 1 atom stereocenters. The number of imidazole rings is 1. The van der Waals surface area contributed by atoms with Crippen molar-refractivity contribution in [3.05, 3.63) is 72.2 Å². The van der Waals surface area contributed by atoms with E-state index < -0.39 is 11.6 Å². The summed E-state index contributed by atoms with van der Waals surface area (Å²) in [6.45, 7) is 4.90. The normalized spacial score (nSPS) is 18.3. The molecular weight excluding hydrogens is 524 g/mol. The summed E-state index contributed by atoms with van der Waals surface area (Å²) < 4.78 is 30.0. The molecule has 1 aromatic carbocycles. The molecule has 8 nitrogen and oxygen atoms in total. The van der Waals surface area contributed by atoms with Crippen molar-refractivity contribution >= 4 is 23.2 Å². The Morgan fingerprint density at radius 1 is 1.00 bits per heavy atom. The summed E-state index contributed by atoms with van der Waals surface area (Å²) in [5.41, 5.74) is 1.35. The van der Waals surface area contributed by atoms with Crippen molar-refractivity contribution in [3.63, 3.8) is 0 Å². The summed E-state index contributed by atoms with van der Waals surface area (Å²) in [6, 6.07) is 16.7. The number of pyridine rings is 1. The Bertz CT molecular complexity index is 1560. The van der Waals surface area contributed by atoms with Crippen molar-refractivity contribution in [1.29, 1.82) is 0 Å². The van der Waals surface area contributed by atoms with Crippen LogP contribution in [0.2, 0.25) is 0 Å². The van der Waals surface area contributed by atoms with Crippen LogP contribution in [0.25, 0.3) is 17.0 Å². The molecule has 0 bridgehead atoms. The van der Waals surface area contributed by atoms with Crippen LogP contribution in [0.1, 0.15) is 51.1 Å². The third-order valence-corrected chi connectivity index (χ3v) is 8.29. The summed E-state index contributed by atoms with van der Waals surface area (Å²) in [5, 5.41) is 4.96. The fourth-order valence-corrected chi connectivity index (χ4v) is 6.10. The van der Waals surface area contributed by atoms with E-state index in [1.54, 1.807) is 30.3 Å². The molecule has 0 N–H and O–H groups in total. The molecule has 0 radical (unpaired) electrons. The van der Waals surface area contributed by atoms with Gasteiger partial charge in [-0.15, -0.1) is 5.10 Å². The van der Waals surface area contributed by atoms with E-state index in [1.807, 2.05) is 40.9 Å². The topological polar surface area (TPSA) is 69.9 Å². The maximum absolute atomic E-state index is 14.2. The monoisotopic (exact) mass is 559 g/mol. The molecule has 3 aromatic heterocycles. The molecule has 214 valence electrons. The van der Waals surface area contributed by atoms with Crippen LogP contribution >= 0.6 is 0 Å². The van der Waals surface area contributed by atoms with Gasteiger partial charge >= 0.3 is 0 Å². The van der Waals surface area contributed by atoms with Gasteiger partial charge in [-0.2, -0.15) is 0 Å². The van der Waals surface area contributed by atoms with Crippen molar-refractivity contribution in [2.45, 2.75) is 57.3 Å². The van der Waals surface area contributed by atoms with Gasteiger partial charge < -0.3 is 14.7 Å². The Morgan fingerprint density at radius 2 is 1.78 bits per heavy atom. The predicted octanol–water partition coefficient (Wildman–Crippen LogP) is 5.45. The minimum atomic E-state index is -1.88. The summed E-state index contributed by atoms with van der Waals surface area (Å²) in [4.78, 5) is 27.9. The van der Waals surface area contributed by atoms with E-state index in [4.69, 9.17) is 10.1 Å². The minimum absolute atomic E-state index is 0.000133. The number of aromatic nitrogens is 4. The lowest BCUT2D eigenvalue weighted by Crippen LogP contribution is -2.50. The molecular formula is C31H35F2N7O. The number of benzene rings is 1. The molecule has 6 rings (SSSR count). The van der Waals surface area contributed by atoms with Crippen molar-refractivity contribution in [2.75, 3.05) is 36.5 Å². The molecule has 41 heavy (non-hydrogen) atoms.